The van der Waals surface area contributed by atoms with Crippen LogP contribution in [-0.2, 0) is 0 Å². The van der Waals surface area contributed by atoms with Crippen LogP contribution in [0.4, 0.5) is 0 Å². The summed E-state index contributed by atoms with van der Waals surface area (Å²) in [6.07, 6.45) is 3.69. The third-order valence-corrected chi connectivity index (χ3v) is 3.57. The smallest absolute Gasteiger partial charge is 0.0715 e. The molecule has 0 N–H and O–H groups in total. The minimum atomic E-state index is 1.00. The number of hydrogen-bond acceptors (Lipinski definition) is 2. The maximum absolute atomic E-state index is 4.49. The number of rotatable bonds is 1. The summed E-state index contributed by atoms with van der Waals surface area (Å²) in [5.41, 5.74) is 4.42. The number of benzene rings is 2. The Morgan fingerprint density at radius 3 is 2.30 bits per heavy atom. The second-order valence-electron chi connectivity index (χ2n) is 4.75. The maximum Gasteiger partial charge on any atom is 0.0715 e. The lowest BCUT2D eigenvalue weighted by Gasteiger charge is -2.09. The molecule has 2 heterocycles. The predicted molar refractivity (Wildman–Crippen MR) is 82.5 cm³/mol. The van der Waals surface area contributed by atoms with Crippen LogP contribution < -0.4 is 0 Å². The Bertz CT molecular complexity index is 899. The van der Waals surface area contributed by atoms with E-state index >= 15 is 0 Å². The maximum atomic E-state index is 4.49. The van der Waals surface area contributed by atoms with Crippen LogP contribution in [0.25, 0.3) is 32.9 Å². The molecule has 20 heavy (non-hydrogen) atoms. The van der Waals surface area contributed by atoms with E-state index in [1.807, 2.05) is 36.7 Å². The zero-order chi connectivity index (χ0) is 13.4. The number of aromatic nitrogens is 2. The highest BCUT2D eigenvalue weighted by molar-refractivity contribution is 6.11. The highest BCUT2D eigenvalue weighted by atomic mass is 14.7. The topological polar surface area (TPSA) is 25.8 Å². The van der Waals surface area contributed by atoms with Crippen LogP contribution >= 0.6 is 0 Å². The first-order chi connectivity index (χ1) is 9.93. The molecule has 0 aliphatic carbocycles. The zero-order valence-corrected chi connectivity index (χ0v) is 10.8. The lowest BCUT2D eigenvalue weighted by atomic mass is 9.98. The number of hydrogen-bond donors (Lipinski definition) is 0. The molecule has 0 radical (unpaired) electrons. The van der Waals surface area contributed by atoms with Crippen molar-refractivity contribution >= 4 is 21.8 Å². The van der Waals surface area contributed by atoms with Crippen LogP contribution in [0.1, 0.15) is 0 Å². The second kappa shape index (κ2) is 4.42. The van der Waals surface area contributed by atoms with Gasteiger partial charge in [-0.2, -0.15) is 0 Å². The first-order valence-corrected chi connectivity index (χ1v) is 6.61. The SMILES string of the molecule is c1ccc(-c2ccnc3ccc4ncccc4c23)cc1. The van der Waals surface area contributed by atoms with Crippen molar-refractivity contribution in [3.63, 3.8) is 0 Å². The average molecular weight is 256 g/mol. The van der Waals surface area contributed by atoms with Gasteiger partial charge in [-0.3, -0.25) is 9.97 Å². The van der Waals surface area contributed by atoms with Gasteiger partial charge >= 0.3 is 0 Å². The van der Waals surface area contributed by atoms with E-state index in [4.69, 9.17) is 0 Å². The van der Waals surface area contributed by atoms with Crippen molar-refractivity contribution in [2.45, 2.75) is 0 Å². The zero-order valence-electron chi connectivity index (χ0n) is 10.8. The molecule has 0 unspecified atom stereocenters. The van der Waals surface area contributed by atoms with Gasteiger partial charge in [0.05, 0.1) is 11.0 Å². The van der Waals surface area contributed by atoms with Gasteiger partial charge < -0.3 is 0 Å². The van der Waals surface area contributed by atoms with Crippen LogP contribution in [0.15, 0.2) is 73.1 Å². The van der Waals surface area contributed by atoms with Crippen molar-refractivity contribution in [2.24, 2.45) is 0 Å². The third kappa shape index (κ3) is 1.66. The van der Waals surface area contributed by atoms with Gasteiger partial charge in [-0.1, -0.05) is 36.4 Å². The quantitative estimate of drug-likeness (QED) is 0.470. The van der Waals surface area contributed by atoms with E-state index in [1.165, 1.54) is 16.5 Å². The molecule has 2 nitrogen and oxygen atoms in total. The third-order valence-electron chi connectivity index (χ3n) is 3.57. The van der Waals surface area contributed by atoms with E-state index in [-0.39, 0.29) is 0 Å². The van der Waals surface area contributed by atoms with E-state index in [1.54, 1.807) is 0 Å². The van der Waals surface area contributed by atoms with Crippen molar-refractivity contribution in [3.05, 3.63) is 73.1 Å². The fourth-order valence-corrected chi connectivity index (χ4v) is 2.67. The van der Waals surface area contributed by atoms with Crippen molar-refractivity contribution < 1.29 is 0 Å². The molecule has 0 fully saturated rings. The van der Waals surface area contributed by atoms with Crippen LogP contribution in [0.2, 0.25) is 0 Å². The number of nitrogens with zero attached hydrogens (tertiary/aromatic N) is 2. The molecule has 0 spiro atoms. The molecule has 2 aromatic heterocycles. The van der Waals surface area contributed by atoms with Crippen molar-refractivity contribution in [1.82, 2.24) is 9.97 Å². The van der Waals surface area contributed by atoms with Gasteiger partial charge in [0.2, 0.25) is 0 Å². The molecular formula is C18H12N2. The van der Waals surface area contributed by atoms with E-state index in [0.29, 0.717) is 0 Å². The summed E-state index contributed by atoms with van der Waals surface area (Å²) < 4.78 is 0. The molecule has 0 amide bonds. The Balaban J connectivity index is 2.19. The van der Waals surface area contributed by atoms with Gasteiger partial charge in [0.15, 0.2) is 0 Å². The molecule has 2 heteroatoms. The minimum absolute atomic E-state index is 1.00. The van der Waals surface area contributed by atoms with Gasteiger partial charge in [0, 0.05) is 23.2 Å². The monoisotopic (exact) mass is 256 g/mol. The Kier molecular flexibility index (Phi) is 2.46. The first-order valence-electron chi connectivity index (χ1n) is 6.61. The number of pyridine rings is 2. The van der Waals surface area contributed by atoms with Gasteiger partial charge in [0.25, 0.3) is 0 Å². The van der Waals surface area contributed by atoms with Crippen LogP contribution in [0.5, 0.6) is 0 Å². The highest BCUT2D eigenvalue weighted by Crippen LogP contribution is 2.32. The molecule has 0 bridgehead atoms. The van der Waals surface area contributed by atoms with Gasteiger partial charge in [-0.15, -0.1) is 0 Å². The van der Waals surface area contributed by atoms with E-state index in [2.05, 4.69) is 46.4 Å². The van der Waals surface area contributed by atoms with Crippen molar-refractivity contribution in [1.29, 1.82) is 0 Å². The summed E-state index contributed by atoms with van der Waals surface area (Å²) in [4.78, 5) is 8.93. The molecule has 94 valence electrons. The molecule has 0 aliphatic heterocycles. The summed E-state index contributed by atoms with van der Waals surface area (Å²) >= 11 is 0. The Morgan fingerprint density at radius 2 is 1.40 bits per heavy atom. The summed E-state index contributed by atoms with van der Waals surface area (Å²) in [5, 5.41) is 2.32. The molecule has 4 aromatic rings. The lowest BCUT2D eigenvalue weighted by molar-refractivity contribution is 1.39. The van der Waals surface area contributed by atoms with E-state index in [9.17, 15) is 0 Å². The standard InChI is InChI=1S/C18H12N2/c1-2-5-13(6-3-1)14-10-12-20-17-9-8-16-15(18(14)17)7-4-11-19-16/h1-12H. The number of fused-ring (bicyclic) bond motifs is 3. The summed E-state index contributed by atoms with van der Waals surface area (Å²) in [7, 11) is 0. The summed E-state index contributed by atoms with van der Waals surface area (Å²) in [5.74, 6) is 0. The van der Waals surface area contributed by atoms with Crippen molar-refractivity contribution in [3.8, 4) is 11.1 Å². The predicted octanol–water partition coefficient (Wildman–Crippen LogP) is 4.45. The average Bonchev–Trinajstić information content (AvgIpc) is 2.55. The van der Waals surface area contributed by atoms with Gasteiger partial charge in [0.1, 0.15) is 0 Å². The molecule has 0 aliphatic rings. The molecule has 0 saturated heterocycles. The summed E-state index contributed by atoms with van der Waals surface area (Å²) in [6.45, 7) is 0. The Hall–Kier alpha value is -2.74. The van der Waals surface area contributed by atoms with Gasteiger partial charge in [-0.25, -0.2) is 0 Å². The minimum Gasteiger partial charge on any atom is -0.256 e. The van der Waals surface area contributed by atoms with Crippen LogP contribution in [-0.4, -0.2) is 9.97 Å². The molecule has 2 aromatic carbocycles. The fourth-order valence-electron chi connectivity index (χ4n) is 2.67. The summed E-state index contributed by atoms with van der Waals surface area (Å²) in [6, 6.07) is 20.6. The Labute approximate surface area is 116 Å². The largest absolute Gasteiger partial charge is 0.256 e. The highest BCUT2D eigenvalue weighted by Gasteiger charge is 2.08. The first kappa shape index (κ1) is 11.1. The normalized spacial score (nSPS) is 11.0. The molecule has 4 rings (SSSR count). The molecule has 0 atom stereocenters. The van der Waals surface area contributed by atoms with Crippen molar-refractivity contribution in [2.75, 3.05) is 0 Å². The second-order valence-corrected chi connectivity index (χ2v) is 4.75. The fraction of sp³-hybridized carbons (Fsp3) is 0. The molecule has 0 saturated carbocycles. The van der Waals surface area contributed by atoms with E-state index < -0.39 is 0 Å². The van der Waals surface area contributed by atoms with E-state index in [0.717, 1.165) is 16.4 Å². The lowest BCUT2D eigenvalue weighted by Crippen LogP contribution is -1.87. The molecular weight excluding hydrogens is 244 g/mol. The van der Waals surface area contributed by atoms with Crippen LogP contribution in [0, 0.1) is 0 Å². The van der Waals surface area contributed by atoms with Gasteiger partial charge in [-0.05, 0) is 35.4 Å². The van der Waals surface area contributed by atoms with Crippen LogP contribution in [0.3, 0.4) is 0 Å². The Morgan fingerprint density at radius 1 is 0.600 bits per heavy atom.